The molecule has 100 valence electrons. The average Bonchev–Trinajstić information content (AvgIpc) is 2.39. The number of halogens is 2. The van der Waals surface area contributed by atoms with Crippen LogP contribution in [0.1, 0.15) is 28.3 Å². The van der Waals surface area contributed by atoms with Gasteiger partial charge in [0.1, 0.15) is 0 Å². The van der Waals surface area contributed by atoms with Gasteiger partial charge in [-0.15, -0.1) is 0 Å². The van der Waals surface area contributed by atoms with E-state index in [1.807, 2.05) is 13.1 Å². The summed E-state index contributed by atoms with van der Waals surface area (Å²) in [6.45, 7) is 4.27. The van der Waals surface area contributed by atoms with Crippen LogP contribution in [0.15, 0.2) is 40.9 Å². The lowest BCUT2D eigenvalue weighted by molar-refractivity contribution is 0.690. The Bertz CT molecular complexity index is 544. The van der Waals surface area contributed by atoms with E-state index in [9.17, 15) is 0 Å². The number of aryl methyl sites for hydroxylation is 2. The zero-order valence-electron chi connectivity index (χ0n) is 11.3. The van der Waals surface area contributed by atoms with Crippen molar-refractivity contribution >= 4 is 27.5 Å². The summed E-state index contributed by atoms with van der Waals surface area (Å²) in [7, 11) is 1.97. The quantitative estimate of drug-likeness (QED) is 0.828. The molecule has 1 atom stereocenters. The summed E-state index contributed by atoms with van der Waals surface area (Å²) in [6.07, 6.45) is 0. The van der Waals surface area contributed by atoms with Gasteiger partial charge < -0.3 is 5.32 Å². The van der Waals surface area contributed by atoms with Gasteiger partial charge in [-0.1, -0.05) is 35.9 Å². The first kappa shape index (κ1) is 14.6. The van der Waals surface area contributed by atoms with Crippen molar-refractivity contribution in [1.29, 1.82) is 0 Å². The van der Waals surface area contributed by atoms with Gasteiger partial charge in [0.25, 0.3) is 0 Å². The van der Waals surface area contributed by atoms with Crippen molar-refractivity contribution in [3.8, 4) is 0 Å². The van der Waals surface area contributed by atoms with Crippen molar-refractivity contribution in [1.82, 2.24) is 5.32 Å². The lowest BCUT2D eigenvalue weighted by Crippen LogP contribution is -2.17. The lowest BCUT2D eigenvalue weighted by Gasteiger charge is -2.19. The Hall–Kier alpha value is -0.830. The molecule has 0 radical (unpaired) electrons. The SMILES string of the molecule is CNC(c1ccc(C)c(C)c1)c1ccc(Cl)c(Br)c1. The third-order valence-corrected chi connectivity index (χ3v) is 4.64. The molecule has 0 aliphatic heterocycles. The zero-order valence-corrected chi connectivity index (χ0v) is 13.6. The first-order valence-corrected chi connectivity index (χ1v) is 7.39. The molecule has 0 aliphatic rings. The maximum atomic E-state index is 6.05. The van der Waals surface area contributed by atoms with Crippen molar-refractivity contribution in [2.45, 2.75) is 19.9 Å². The molecule has 2 aromatic rings. The normalized spacial score (nSPS) is 12.5. The van der Waals surface area contributed by atoms with Crippen LogP contribution in [0.25, 0.3) is 0 Å². The van der Waals surface area contributed by atoms with Gasteiger partial charge in [-0.3, -0.25) is 0 Å². The summed E-state index contributed by atoms with van der Waals surface area (Å²) >= 11 is 9.54. The van der Waals surface area contributed by atoms with Crippen LogP contribution in [0, 0.1) is 13.8 Å². The van der Waals surface area contributed by atoms with E-state index in [2.05, 4.69) is 65.4 Å². The highest BCUT2D eigenvalue weighted by Gasteiger charge is 2.13. The fraction of sp³-hybridized carbons (Fsp3) is 0.250. The Balaban J connectivity index is 2.43. The number of benzene rings is 2. The molecule has 0 spiro atoms. The van der Waals surface area contributed by atoms with Gasteiger partial charge in [0.05, 0.1) is 11.1 Å². The maximum Gasteiger partial charge on any atom is 0.0574 e. The topological polar surface area (TPSA) is 12.0 Å². The Labute approximate surface area is 128 Å². The summed E-state index contributed by atoms with van der Waals surface area (Å²) in [4.78, 5) is 0. The van der Waals surface area contributed by atoms with Crippen molar-refractivity contribution in [3.63, 3.8) is 0 Å². The Morgan fingerprint density at radius 1 is 1.00 bits per heavy atom. The molecule has 0 aromatic heterocycles. The molecule has 0 heterocycles. The predicted molar refractivity (Wildman–Crippen MR) is 86.0 cm³/mol. The highest BCUT2D eigenvalue weighted by molar-refractivity contribution is 9.10. The van der Waals surface area contributed by atoms with E-state index in [4.69, 9.17) is 11.6 Å². The monoisotopic (exact) mass is 337 g/mol. The van der Waals surface area contributed by atoms with Crippen molar-refractivity contribution in [2.24, 2.45) is 0 Å². The highest BCUT2D eigenvalue weighted by Crippen LogP contribution is 2.29. The van der Waals surface area contributed by atoms with Crippen molar-refractivity contribution in [2.75, 3.05) is 7.05 Å². The first-order valence-electron chi connectivity index (χ1n) is 6.22. The molecule has 0 saturated carbocycles. The highest BCUT2D eigenvalue weighted by atomic mass is 79.9. The van der Waals surface area contributed by atoms with Gasteiger partial charge in [-0.25, -0.2) is 0 Å². The number of nitrogens with one attached hydrogen (secondary N) is 1. The van der Waals surface area contributed by atoms with Crippen LogP contribution >= 0.6 is 27.5 Å². The molecule has 3 heteroatoms. The third kappa shape index (κ3) is 3.19. The summed E-state index contributed by atoms with van der Waals surface area (Å²) in [5.74, 6) is 0. The minimum Gasteiger partial charge on any atom is -0.309 e. The molecule has 1 unspecified atom stereocenters. The van der Waals surface area contributed by atoms with Gasteiger partial charge >= 0.3 is 0 Å². The molecule has 0 saturated heterocycles. The molecular weight excluding hydrogens is 322 g/mol. The van der Waals surface area contributed by atoms with Gasteiger partial charge in [-0.05, 0) is 71.2 Å². The summed E-state index contributed by atoms with van der Waals surface area (Å²) in [6, 6.07) is 12.8. The van der Waals surface area contributed by atoms with Crippen molar-refractivity contribution < 1.29 is 0 Å². The summed E-state index contributed by atoms with van der Waals surface area (Å²) in [5.41, 5.74) is 5.09. The minimum atomic E-state index is 0.174. The number of hydrogen-bond acceptors (Lipinski definition) is 1. The molecule has 1 nitrogen and oxygen atoms in total. The van der Waals surface area contributed by atoms with Crippen LogP contribution in [-0.4, -0.2) is 7.05 Å². The van der Waals surface area contributed by atoms with E-state index in [1.54, 1.807) is 0 Å². The maximum absolute atomic E-state index is 6.05. The standard InChI is InChI=1S/C16H17BrClN/c1-10-4-5-12(8-11(10)2)16(19-3)13-6-7-15(18)14(17)9-13/h4-9,16,19H,1-3H3. The van der Waals surface area contributed by atoms with E-state index >= 15 is 0 Å². The molecule has 2 rings (SSSR count). The molecule has 0 aliphatic carbocycles. The fourth-order valence-electron chi connectivity index (χ4n) is 2.16. The first-order chi connectivity index (χ1) is 9.02. The van der Waals surface area contributed by atoms with Crippen LogP contribution in [0.4, 0.5) is 0 Å². The van der Waals surface area contributed by atoms with Crippen molar-refractivity contribution in [3.05, 3.63) is 68.1 Å². The van der Waals surface area contributed by atoms with Crippen LogP contribution in [0.3, 0.4) is 0 Å². The summed E-state index contributed by atoms with van der Waals surface area (Å²) in [5, 5.41) is 4.10. The van der Waals surface area contributed by atoms with Crippen LogP contribution in [-0.2, 0) is 0 Å². The Morgan fingerprint density at radius 2 is 1.63 bits per heavy atom. The van der Waals surface area contributed by atoms with E-state index in [0.29, 0.717) is 0 Å². The third-order valence-electron chi connectivity index (χ3n) is 3.43. The van der Waals surface area contributed by atoms with Gasteiger partial charge in [0.15, 0.2) is 0 Å². The second-order valence-electron chi connectivity index (χ2n) is 4.74. The molecule has 2 aromatic carbocycles. The predicted octanol–water partition coefficient (Wildman–Crippen LogP) is 5.03. The van der Waals surface area contributed by atoms with E-state index < -0.39 is 0 Å². The van der Waals surface area contributed by atoms with Crippen LogP contribution < -0.4 is 5.32 Å². The largest absolute Gasteiger partial charge is 0.309 e. The number of rotatable bonds is 3. The molecule has 19 heavy (non-hydrogen) atoms. The van der Waals surface area contributed by atoms with Crippen LogP contribution in [0.5, 0.6) is 0 Å². The Morgan fingerprint density at radius 3 is 2.21 bits per heavy atom. The smallest absolute Gasteiger partial charge is 0.0574 e. The lowest BCUT2D eigenvalue weighted by atomic mass is 9.96. The van der Waals surface area contributed by atoms with E-state index in [-0.39, 0.29) is 6.04 Å². The second kappa shape index (κ2) is 6.08. The molecule has 0 amide bonds. The van der Waals surface area contributed by atoms with E-state index in [1.165, 1.54) is 22.3 Å². The molecular formula is C16H17BrClN. The minimum absolute atomic E-state index is 0.174. The Kier molecular flexibility index (Phi) is 4.67. The van der Waals surface area contributed by atoms with Crippen LogP contribution in [0.2, 0.25) is 5.02 Å². The average molecular weight is 339 g/mol. The van der Waals surface area contributed by atoms with E-state index in [0.717, 1.165) is 9.50 Å². The van der Waals surface area contributed by atoms with Gasteiger partial charge in [-0.2, -0.15) is 0 Å². The van der Waals surface area contributed by atoms with Gasteiger partial charge in [0, 0.05) is 4.47 Å². The molecule has 0 bridgehead atoms. The summed E-state index contributed by atoms with van der Waals surface area (Å²) < 4.78 is 0.927. The molecule has 0 fully saturated rings. The molecule has 1 N–H and O–H groups in total. The zero-order chi connectivity index (χ0) is 14.0. The number of hydrogen-bond donors (Lipinski definition) is 1. The van der Waals surface area contributed by atoms with Gasteiger partial charge in [0.2, 0.25) is 0 Å². The fourth-order valence-corrected chi connectivity index (χ4v) is 2.68. The second-order valence-corrected chi connectivity index (χ2v) is 6.00.